The van der Waals surface area contributed by atoms with Crippen molar-refractivity contribution in [3.05, 3.63) is 24.4 Å². The van der Waals surface area contributed by atoms with Gasteiger partial charge in [-0.05, 0) is 5.92 Å². The molecule has 0 spiro atoms. The first-order chi connectivity index (χ1) is 7.16. The van der Waals surface area contributed by atoms with Gasteiger partial charge in [0.2, 0.25) is 0 Å². The highest BCUT2D eigenvalue weighted by Gasteiger charge is 2.10. The van der Waals surface area contributed by atoms with Gasteiger partial charge in [-0.15, -0.1) is 10.2 Å². The highest BCUT2D eigenvalue weighted by Crippen LogP contribution is 2.07. The van der Waals surface area contributed by atoms with Crippen molar-refractivity contribution in [3.63, 3.8) is 0 Å². The Bertz CT molecular complexity index is 489. The lowest BCUT2D eigenvalue weighted by Gasteiger charge is -2.03. The molecule has 0 atom stereocenters. The number of fused-ring (bicyclic) bond motifs is 1. The summed E-state index contributed by atoms with van der Waals surface area (Å²) in [5.41, 5.74) is 1.12. The van der Waals surface area contributed by atoms with Crippen molar-refractivity contribution in [2.75, 3.05) is 0 Å². The minimum atomic E-state index is 0.0561. The molecular weight excluding hydrogens is 192 g/mol. The van der Waals surface area contributed by atoms with Crippen LogP contribution in [-0.4, -0.2) is 25.4 Å². The Balaban J connectivity index is 2.31. The van der Waals surface area contributed by atoms with Gasteiger partial charge in [-0.25, -0.2) is 4.98 Å². The average molecular weight is 204 g/mol. The van der Waals surface area contributed by atoms with Crippen LogP contribution in [0.2, 0.25) is 0 Å². The van der Waals surface area contributed by atoms with Crippen LogP contribution in [0.4, 0.5) is 0 Å². The zero-order valence-electron chi connectivity index (χ0n) is 8.71. The predicted octanol–water partition coefficient (Wildman–Crippen LogP) is 1.35. The van der Waals surface area contributed by atoms with E-state index in [1.807, 2.05) is 13.8 Å². The molecule has 2 heterocycles. The van der Waals surface area contributed by atoms with E-state index in [1.165, 1.54) is 0 Å². The standard InChI is InChI=1S/C10H12N4O/c1-7(2)3-9(15)8-5-14-6-12-13-10(14)4-11-8/h4-7H,3H2,1-2H3. The van der Waals surface area contributed by atoms with Crippen molar-refractivity contribution in [2.24, 2.45) is 5.92 Å². The molecule has 5 heteroatoms. The summed E-state index contributed by atoms with van der Waals surface area (Å²) >= 11 is 0. The molecule has 5 nitrogen and oxygen atoms in total. The fraction of sp³-hybridized carbons (Fsp3) is 0.400. The molecule has 15 heavy (non-hydrogen) atoms. The quantitative estimate of drug-likeness (QED) is 0.708. The maximum Gasteiger partial charge on any atom is 0.182 e. The van der Waals surface area contributed by atoms with E-state index in [1.54, 1.807) is 23.1 Å². The molecule has 0 fully saturated rings. The minimum Gasteiger partial charge on any atom is -0.292 e. The molecule has 0 amide bonds. The lowest BCUT2D eigenvalue weighted by atomic mass is 10.1. The molecule has 0 saturated carbocycles. The summed E-state index contributed by atoms with van der Waals surface area (Å²) < 4.78 is 1.70. The van der Waals surface area contributed by atoms with E-state index in [9.17, 15) is 4.79 Å². The summed E-state index contributed by atoms with van der Waals surface area (Å²) in [6, 6.07) is 0. The van der Waals surface area contributed by atoms with Crippen molar-refractivity contribution in [2.45, 2.75) is 20.3 Å². The third-order valence-electron chi connectivity index (χ3n) is 2.06. The fourth-order valence-electron chi connectivity index (χ4n) is 1.36. The molecule has 0 bridgehead atoms. The number of rotatable bonds is 3. The van der Waals surface area contributed by atoms with Crippen molar-refractivity contribution in [1.29, 1.82) is 0 Å². The van der Waals surface area contributed by atoms with Gasteiger partial charge in [-0.1, -0.05) is 13.8 Å². The van der Waals surface area contributed by atoms with Gasteiger partial charge in [-0.3, -0.25) is 9.20 Å². The Hall–Kier alpha value is -1.78. The molecule has 0 radical (unpaired) electrons. The van der Waals surface area contributed by atoms with Crippen LogP contribution < -0.4 is 0 Å². The molecule has 2 aromatic heterocycles. The van der Waals surface area contributed by atoms with E-state index in [4.69, 9.17) is 0 Å². The summed E-state index contributed by atoms with van der Waals surface area (Å²) in [4.78, 5) is 15.8. The van der Waals surface area contributed by atoms with Crippen LogP contribution in [0.15, 0.2) is 18.7 Å². The second-order valence-corrected chi connectivity index (χ2v) is 3.89. The molecule has 0 saturated heterocycles. The fourth-order valence-corrected chi connectivity index (χ4v) is 1.36. The lowest BCUT2D eigenvalue weighted by molar-refractivity contribution is 0.0962. The number of carbonyl (C=O) groups excluding carboxylic acids is 1. The molecule has 0 N–H and O–H groups in total. The summed E-state index contributed by atoms with van der Waals surface area (Å²) in [5.74, 6) is 0.400. The van der Waals surface area contributed by atoms with E-state index in [-0.39, 0.29) is 5.78 Å². The van der Waals surface area contributed by atoms with Crippen LogP contribution in [0.25, 0.3) is 5.65 Å². The summed E-state index contributed by atoms with van der Waals surface area (Å²) in [7, 11) is 0. The van der Waals surface area contributed by atoms with Crippen LogP contribution >= 0.6 is 0 Å². The largest absolute Gasteiger partial charge is 0.292 e. The van der Waals surface area contributed by atoms with E-state index >= 15 is 0 Å². The van der Waals surface area contributed by atoms with E-state index < -0.39 is 0 Å². The second-order valence-electron chi connectivity index (χ2n) is 3.89. The van der Waals surface area contributed by atoms with Crippen molar-refractivity contribution in [1.82, 2.24) is 19.6 Å². The van der Waals surface area contributed by atoms with Crippen molar-refractivity contribution < 1.29 is 4.79 Å². The maximum atomic E-state index is 11.7. The van der Waals surface area contributed by atoms with Gasteiger partial charge in [0, 0.05) is 12.6 Å². The number of ketones is 1. The Labute approximate surface area is 87.2 Å². The summed E-state index contributed by atoms with van der Waals surface area (Å²) in [5, 5.41) is 7.54. The first-order valence-electron chi connectivity index (χ1n) is 4.85. The molecule has 2 aromatic rings. The van der Waals surface area contributed by atoms with Crippen LogP contribution in [0.5, 0.6) is 0 Å². The van der Waals surface area contributed by atoms with Gasteiger partial charge in [0.25, 0.3) is 0 Å². The zero-order valence-corrected chi connectivity index (χ0v) is 8.71. The number of hydrogen-bond donors (Lipinski definition) is 0. The molecular formula is C10H12N4O. The highest BCUT2D eigenvalue weighted by atomic mass is 16.1. The molecule has 0 aromatic carbocycles. The Morgan fingerprint density at radius 1 is 1.53 bits per heavy atom. The number of nitrogens with zero attached hydrogens (tertiary/aromatic N) is 4. The topological polar surface area (TPSA) is 60.2 Å². The molecule has 0 unspecified atom stereocenters. The molecule has 78 valence electrons. The Morgan fingerprint density at radius 2 is 2.33 bits per heavy atom. The molecule has 0 aliphatic heterocycles. The minimum absolute atomic E-state index is 0.0561. The molecule has 2 rings (SSSR count). The van der Waals surface area contributed by atoms with Gasteiger partial charge >= 0.3 is 0 Å². The summed E-state index contributed by atoms with van der Waals surface area (Å²) in [6.07, 6.45) is 5.30. The van der Waals surface area contributed by atoms with Crippen LogP contribution in [0.3, 0.4) is 0 Å². The van der Waals surface area contributed by atoms with E-state index in [2.05, 4.69) is 15.2 Å². The number of hydrogen-bond acceptors (Lipinski definition) is 4. The predicted molar refractivity (Wildman–Crippen MR) is 54.6 cm³/mol. The van der Waals surface area contributed by atoms with Gasteiger partial charge in [0.15, 0.2) is 11.4 Å². The van der Waals surface area contributed by atoms with Crippen LogP contribution in [0, 0.1) is 5.92 Å². The Kier molecular flexibility index (Phi) is 2.45. The van der Waals surface area contributed by atoms with E-state index in [0.29, 0.717) is 23.7 Å². The van der Waals surface area contributed by atoms with Gasteiger partial charge in [0.05, 0.1) is 6.20 Å². The van der Waals surface area contributed by atoms with Gasteiger partial charge in [0.1, 0.15) is 12.0 Å². The first kappa shape index (κ1) is 9.76. The normalized spacial score (nSPS) is 11.1. The SMILES string of the molecule is CC(C)CC(=O)c1cn2cnnc2cn1. The van der Waals surface area contributed by atoms with Gasteiger partial charge < -0.3 is 0 Å². The molecule has 0 aliphatic rings. The van der Waals surface area contributed by atoms with Crippen LogP contribution in [-0.2, 0) is 0 Å². The van der Waals surface area contributed by atoms with Crippen LogP contribution in [0.1, 0.15) is 30.8 Å². The second kappa shape index (κ2) is 3.76. The number of aromatic nitrogens is 4. The first-order valence-corrected chi connectivity index (χ1v) is 4.85. The molecule has 0 aliphatic carbocycles. The number of Topliss-reactive ketones (excluding diaryl/α,β-unsaturated/α-hetero) is 1. The van der Waals surface area contributed by atoms with Gasteiger partial charge in [-0.2, -0.15) is 0 Å². The monoisotopic (exact) mass is 204 g/mol. The lowest BCUT2D eigenvalue weighted by Crippen LogP contribution is -2.07. The smallest absolute Gasteiger partial charge is 0.182 e. The Morgan fingerprint density at radius 3 is 3.07 bits per heavy atom. The maximum absolute atomic E-state index is 11.7. The number of carbonyl (C=O) groups is 1. The third-order valence-corrected chi connectivity index (χ3v) is 2.06. The van der Waals surface area contributed by atoms with Crippen molar-refractivity contribution >= 4 is 11.4 Å². The zero-order chi connectivity index (χ0) is 10.8. The average Bonchev–Trinajstić information content (AvgIpc) is 2.62. The summed E-state index contributed by atoms with van der Waals surface area (Å²) in [6.45, 7) is 4.02. The van der Waals surface area contributed by atoms with Crippen molar-refractivity contribution in [3.8, 4) is 0 Å². The van der Waals surface area contributed by atoms with E-state index in [0.717, 1.165) is 0 Å². The third kappa shape index (κ3) is 2.01. The highest BCUT2D eigenvalue weighted by molar-refractivity contribution is 5.94.